The molecule has 0 aliphatic rings. The maximum atomic E-state index is 12.1. The summed E-state index contributed by atoms with van der Waals surface area (Å²) >= 11 is 1.77. The molecule has 0 unspecified atom stereocenters. The number of nitrogens with one attached hydrogen (secondary N) is 2. The molecule has 2 N–H and O–H groups in total. The quantitative estimate of drug-likeness (QED) is 0.220. The number of aromatic nitrogens is 1. The van der Waals surface area contributed by atoms with Crippen molar-refractivity contribution in [3.63, 3.8) is 0 Å². The predicted molar refractivity (Wildman–Crippen MR) is 128 cm³/mol. The van der Waals surface area contributed by atoms with E-state index in [4.69, 9.17) is 0 Å². The first-order valence-electron chi connectivity index (χ1n) is 10.0. The molecule has 0 atom stereocenters. The molecule has 1 amide bonds. The standard InChI is InChI=1S/C26H24N2OS/c1-19-11-14-21(15-12-19)25-26(22-9-5-6-10-23(22)28-25)30-18-17-27-24(29)16-13-20-7-3-2-4-8-20/h2-16,28H,17-18H2,1H3,(H,27,29). The van der Waals surface area contributed by atoms with Crippen molar-refractivity contribution in [3.8, 4) is 11.3 Å². The molecule has 0 bridgehead atoms. The Morgan fingerprint density at radius 2 is 1.70 bits per heavy atom. The van der Waals surface area contributed by atoms with Gasteiger partial charge in [-0.1, -0.05) is 78.4 Å². The summed E-state index contributed by atoms with van der Waals surface area (Å²) in [7, 11) is 0. The lowest BCUT2D eigenvalue weighted by molar-refractivity contribution is -0.116. The van der Waals surface area contributed by atoms with Gasteiger partial charge in [0.25, 0.3) is 0 Å². The number of carbonyl (C=O) groups excluding carboxylic acids is 1. The number of H-pyrrole nitrogens is 1. The van der Waals surface area contributed by atoms with Crippen molar-refractivity contribution in [2.45, 2.75) is 11.8 Å². The maximum Gasteiger partial charge on any atom is 0.244 e. The van der Waals surface area contributed by atoms with E-state index >= 15 is 0 Å². The summed E-state index contributed by atoms with van der Waals surface area (Å²) in [5.74, 6) is 0.725. The van der Waals surface area contributed by atoms with Gasteiger partial charge in [0.1, 0.15) is 0 Å². The van der Waals surface area contributed by atoms with Crippen LogP contribution in [-0.4, -0.2) is 23.2 Å². The number of hydrogen-bond acceptors (Lipinski definition) is 2. The second-order valence-electron chi connectivity index (χ2n) is 7.12. The first-order valence-corrected chi connectivity index (χ1v) is 11.0. The van der Waals surface area contributed by atoms with Crippen molar-refractivity contribution in [1.29, 1.82) is 0 Å². The molecule has 1 heterocycles. The molecule has 30 heavy (non-hydrogen) atoms. The van der Waals surface area contributed by atoms with Crippen LogP contribution in [0.15, 0.2) is 89.8 Å². The van der Waals surface area contributed by atoms with E-state index in [2.05, 4.69) is 59.7 Å². The lowest BCUT2D eigenvalue weighted by atomic mass is 10.1. The zero-order chi connectivity index (χ0) is 20.8. The summed E-state index contributed by atoms with van der Waals surface area (Å²) in [6.45, 7) is 2.70. The Morgan fingerprint density at radius 1 is 0.967 bits per heavy atom. The first-order chi connectivity index (χ1) is 14.7. The first kappa shape index (κ1) is 20.0. The zero-order valence-corrected chi connectivity index (χ0v) is 17.7. The van der Waals surface area contributed by atoms with Crippen LogP contribution in [0.25, 0.3) is 28.2 Å². The van der Waals surface area contributed by atoms with E-state index < -0.39 is 0 Å². The second kappa shape index (κ2) is 9.51. The third-order valence-electron chi connectivity index (χ3n) is 4.87. The molecule has 0 saturated heterocycles. The van der Waals surface area contributed by atoms with Crippen molar-refractivity contribution in [2.24, 2.45) is 0 Å². The molecule has 0 aliphatic heterocycles. The average molecular weight is 413 g/mol. The molecule has 0 aliphatic carbocycles. The molecule has 0 spiro atoms. The number of aromatic amines is 1. The molecular weight excluding hydrogens is 388 g/mol. The van der Waals surface area contributed by atoms with E-state index in [-0.39, 0.29) is 5.91 Å². The molecule has 4 heteroatoms. The van der Waals surface area contributed by atoms with Crippen LogP contribution < -0.4 is 5.32 Å². The summed E-state index contributed by atoms with van der Waals surface area (Å²) < 4.78 is 0. The SMILES string of the molecule is Cc1ccc(-c2[nH]c3ccccc3c2SCCNC(=O)C=Cc2ccccc2)cc1. The number of para-hydroxylation sites is 1. The summed E-state index contributed by atoms with van der Waals surface area (Å²) in [6, 6.07) is 26.8. The number of fused-ring (bicyclic) bond motifs is 1. The smallest absolute Gasteiger partial charge is 0.244 e. The largest absolute Gasteiger partial charge is 0.354 e. The monoisotopic (exact) mass is 412 g/mol. The summed E-state index contributed by atoms with van der Waals surface area (Å²) in [4.78, 5) is 16.9. The van der Waals surface area contributed by atoms with Crippen LogP contribution in [0.3, 0.4) is 0 Å². The number of amides is 1. The van der Waals surface area contributed by atoms with Gasteiger partial charge in [-0.15, -0.1) is 11.8 Å². The fraction of sp³-hybridized carbons (Fsp3) is 0.115. The lowest BCUT2D eigenvalue weighted by Crippen LogP contribution is -2.23. The Balaban J connectivity index is 1.42. The van der Waals surface area contributed by atoms with Crippen LogP contribution in [0.2, 0.25) is 0 Å². The Labute approximate surface area is 181 Å². The van der Waals surface area contributed by atoms with Crippen molar-refractivity contribution >= 4 is 34.6 Å². The Hall–Kier alpha value is -3.24. The van der Waals surface area contributed by atoms with E-state index in [1.807, 2.05) is 42.5 Å². The molecule has 0 fully saturated rings. The van der Waals surface area contributed by atoms with Crippen molar-refractivity contribution in [1.82, 2.24) is 10.3 Å². The van der Waals surface area contributed by atoms with E-state index in [1.54, 1.807) is 17.8 Å². The van der Waals surface area contributed by atoms with Gasteiger partial charge >= 0.3 is 0 Å². The van der Waals surface area contributed by atoms with Gasteiger partial charge in [0.15, 0.2) is 0 Å². The van der Waals surface area contributed by atoms with Gasteiger partial charge in [-0.3, -0.25) is 4.79 Å². The predicted octanol–water partition coefficient (Wildman–Crippen LogP) is 6.07. The van der Waals surface area contributed by atoms with E-state index in [9.17, 15) is 4.79 Å². The van der Waals surface area contributed by atoms with Gasteiger partial charge in [-0.05, 0) is 30.2 Å². The highest BCUT2D eigenvalue weighted by atomic mass is 32.2. The van der Waals surface area contributed by atoms with Crippen LogP contribution in [0.1, 0.15) is 11.1 Å². The molecule has 1 aromatic heterocycles. The van der Waals surface area contributed by atoms with Gasteiger partial charge < -0.3 is 10.3 Å². The molecule has 3 nitrogen and oxygen atoms in total. The van der Waals surface area contributed by atoms with Crippen LogP contribution in [0.5, 0.6) is 0 Å². The van der Waals surface area contributed by atoms with Crippen molar-refractivity contribution in [3.05, 3.63) is 96.1 Å². The number of thioether (sulfide) groups is 1. The lowest BCUT2D eigenvalue weighted by Gasteiger charge is -2.06. The highest BCUT2D eigenvalue weighted by Crippen LogP contribution is 2.37. The fourth-order valence-electron chi connectivity index (χ4n) is 3.31. The van der Waals surface area contributed by atoms with Gasteiger partial charge in [0.05, 0.1) is 5.69 Å². The Morgan fingerprint density at radius 3 is 2.50 bits per heavy atom. The Kier molecular flexibility index (Phi) is 6.35. The molecule has 3 aromatic carbocycles. The van der Waals surface area contributed by atoms with Gasteiger partial charge in [0, 0.05) is 34.2 Å². The summed E-state index contributed by atoms with van der Waals surface area (Å²) in [5, 5.41) is 4.19. The van der Waals surface area contributed by atoms with Crippen LogP contribution >= 0.6 is 11.8 Å². The molecule has 0 saturated carbocycles. The van der Waals surface area contributed by atoms with Crippen molar-refractivity contribution in [2.75, 3.05) is 12.3 Å². The summed E-state index contributed by atoms with van der Waals surface area (Å²) in [5.41, 5.74) is 5.70. The van der Waals surface area contributed by atoms with Gasteiger partial charge in [-0.2, -0.15) is 0 Å². The van der Waals surface area contributed by atoms with Crippen LogP contribution in [-0.2, 0) is 4.79 Å². The number of hydrogen-bond donors (Lipinski definition) is 2. The second-order valence-corrected chi connectivity index (χ2v) is 8.23. The minimum atomic E-state index is -0.0721. The van der Waals surface area contributed by atoms with Crippen LogP contribution in [0.4, 0.5) is 0 Å². The fourth-order valence-corrected chi connectivity index (χ4v) is 4.37. The number of benzene rings is 3. The van der Waals surface area contributed by atoms with Gasteiger partial charge in [-0.25, -0.2) is 0 Å². The third-order valence-corrected chi connectivity index (χ3v) is 5.99. The minimum absolute atomic E-state index is 0.0721. The van der Waals surface area contributed by atoms with E-state index in [1.165, 1.54) is 21.4 Å². The zero-order valence-electron chi connectivity index (χ0n) is 16.9. The molecule has 4 aromatic rings. The van der Waals surface area contributed by atoms with E-state index in [0.717, 1.165) is 22.5 Å². The van der Waals surface area contributed by atoms with Crippen LogP contribution in [0, 0.1) is 6.92 Å². The summed E-state index contributed by atoms with van der Waals surface area (Å²) in [6.07, 6.45) is 3.42. The molecule has 0 radical (unpaired) electrons. The number of carbonyl (C=O) groups is 1. The molecule has 150 valence electrons. The highest BCUT2D eigenvalue weighted by molar-refractivity contribution is 7.99. The van der Waals surface area contributed by atoms with E-state index in [0.29, 0.717) is 6.54 Å². The molecular formula is C26H24N2OS. The average Bonchev–Trinajstić information content (AvgIpc) is 3.15. The number of aryl methyl sites for hydroxylation is 1. The van der Waals surface area contributed by atoms with Crippen molar-refractivity contribution < 1.29 is 4.79 Å². The normalized spacial score (nSPS) is 11.2. The minimum Gasteiger partial charge on any atom is -0.354 e. The molecule has 4 rings (SSSR count). The number of rotatable bonds is 7. The third kappa shape index (κ3) is 4.84. The Bertz CT molecular complexity index is 1160. The topological polar surface area (TPSA) is 44.9 Å². The highest BCUT2D eigenvalue weighted by Gasteiger charge is 2.13. The maximum absolute atomic E-state index is 12.1. The van der Waals surface area contributed by atoms with Gasteiger partial charge in [0.2, 0.25) is 5.91 Å².